The predicted octanol–water partition coefficient (Wildman–Crippen LogP) is 3.89. The third-order valence-electron chi connectivity index (χ3n) is 4.12. The van der Waals surface area contributed by atoms with E-state index < -0.39 is 0 Å². The Hall–Kier alpha value is -1.02. The zero-order chi connectivity index (χ0) is 13.7. The van der Waals surface area contributed by atoms with Crippen LogP contribution in [0.2, 0.25) is 0 Å². The molecule has 0 aromatic heterocycles. The van der Waals surface area contributed by atoms with Crippen molar-refractivity contribution in [1.29, 1.82) is 0 Å². The van der Waals surface area contributed by atoms with Crippen molar-refractivity contribution in [2.24, 2.45) is 5.92 Å². The molecule has 1 aliphatic heterocycles. The molecule has 0 radical (unpaired) electrons. The lowest BCUT2D eigenvalue weighted by atomic mass is 9.95. The second kappa shape index (κ2) is 6.95. The molecular weight excluding hydrogens is 234 g/mol. The number of benzene rings is 1. The first kappa shape index (κ1) is 14.4. The van der Waals surface area contributed by atoms with Crippen LogP contribution in [0.3, 0.4) is 0 Å². The summed E-state index contributed by atoms with van der Waals surface area (Å²) in [6.45, 7) is 9.85. The van der Waals surface area contributed by atoms with Gasteiger partial charge in [0.2, 0.25) is 0 Å². The standard InChI is InChI=1S/C17H27NO/c1-13(2)17-5-4-16(12-14(17)3)19-11-8-15-6-9-18-10-7-15/h4-5,12-13,15,18H,6-11H2,1-3H3. The Morgan fingerprint density at radius 1 is 1.26 bits per heavy atom. The van der Waals surface area contributed by atoms with Crippen molar-refractivity contribution in [3.05, 3.63) is 29.3 Å². The summed E-state index contributed by atoms with van der Waals surface area (Å²) >= 11 is 0. The Bertz CT molecular complexity index is 394. The van der Waals surface area contributed by atoms with E-state index in [1.165, 1.54) is 43.5 Å². The van der Waals surface area contributed by atoms with Gasteiger partial charge in [0.25, 0.3) is 0 Å². The van der Waals surface area contributed by atoms with Crippen molar-refractivity contribution in [2.75, 3.05) is 19.7 Å². The van der Waals surface area contributed by atoms with Gasteiger partial charge in [-0.05, 0) is 74.4 Å². The molecule has 106 valence electrons. The summed E-state index contributed by atoms with van der Waals surface area (Å²) in [5.74, 6) is 2.46. The van der Waals surface area contributed by atoms with Crippen molar-refractivity contribution < 1.29 is 4.74 Å². The van der Waals surface area contributed by atoms with Gasteiger partial charge in [0.05, 0.1) is 6.61 Å². The Morgan fingerprint density at radius 3 is 2.63 bits per heavy atom. The molecule has 2 rings (SSSR count). The van der Waals surface area contributed by atoms with Gasteiger partial charge in [-0.25, -0.2) is 0 Å². The maximum Gasteiger partial charge on any atom is 0.119 e. The van der Waals surface area contributed by atoms with E-state index in [9.17, 15) is 0 Å². The van der Waals surface area contributed by atoms with Gasteiger partial charge in [-0.2, -0.15) is 0 Å². The molecule has 1 aromatic carbocycles. The summed E-state index contributed by atoms with van der Waals surface area (Å²) in [7, 11) is 0. The molecule has 2 heteroatoms. The summed E-state index contributed by atoms with van der Waals surface area (Å²) in [5, 5.41) is 3.41. The van der Waals surface area contributed by atoms with E-state index in [-0.39, 0.29) is 0 Å². The van der Waals surface area contributed by atoms with E-state index in [1.54, 1.807) is 0 Å². The van der Waals surface area contributed by atoms with Crippen LogP contribution in [0.15, 0.2) is 18.2 Å². The van der Waals surface area contributed by atoms with Gasteiger partial charge in [0, 0.05) is 0 Å². The highest BCUT2D eigenvalue weighted by Gasteiger charge is 2.12. The van der Waals surface area contributed by atoms with Crippen LogP contribution in [0.25, 0.3) is 0 Å². The minimum atomic E-state index is 0.587. The molecule has 1 aliphatic rings. The van der Waals surface area contributed by atoms with Gasteiger partial charge in [0.1, 0.15) is 5.75 Å². The lowest BCUT2D eigenvalue weighted by molar-refractivity contribution is 0.251. The number of hydrogen-bond donors (Lipinski definition) is 1. The lowest BCUT2D eigenvalue weighted by Crippen LogP contribution is -2.28. The first-order valence-corrected chi connectivity index (χ1v) is 7.61. The van der Waals surface area contributed by atoms with Crippen molar-refractivity contribution >= 4 is 0 Å². The zero-order valence-corrected chi connectivity index (χ0v) is 12.5. The number of piperidine rings is 1. The molecule has 0 bridgehead atoms. The first-order valence-electron chi connectivity index (χ1n) is 7.61. The van der Waals surface area contributed by atoms with E-state index in [2.05, 4.69) is 44.3 Å². The van der Waals surface area contributed by atoms with Crippen molar-refractivity contribution in [1.82, 2.24) is 5.32 Å². The lowest BCUT2D eigenvalue weighted by Gasteiger charge is -2.22. The summed E-state index contributed by atoms with van der Waals surface area (Å²) in [4.78, 5) is 0. The average molecular weight is 261 g/mol. The fourth-order valence-electron chi connectivity index (χ4n) is 2.90. The Morgan fingerprint density at radius 2 is 2.00 bits per heavy atom. The van der Waals surface area contributed by atoms with Gasteiger partial charge < -0.3 is 10.1 Å². The predicted molar refractivity (Wildman–Crippen MR) is 81.0 cm³/mol. The van der Waals surface area contributed by atoms with Crippen LogP contribution in [-0.4, -0.2) is 19.7 Å². The monoisotopic (exact) mass is 261 g/mol. The highest BCUT2D eigenvalue weighted by Crippen LogP contribution is 2.24. The van der Waals surface area contributed by atoms with E-state index >= 15 is 0 Å². The van der Waals surface area contributed by atoms with Gasteiger partial charge in [-0.1, -0.05) is 19.9 Å². The molecule has 1 fully saturated rings. The van der Waals surface area contributed by atoms with Crippen LogP contribution in [0, 0.1) is 12.8 Å². The van der Waals surface area contributed by atoms with Gasteiger partial charge in [-0.3, -0.25) is 0 Å². The summed E-state index contributed by atoms with van der Waals surface area (Å²) in [6, 6.07) is 6.50. The van der Waals surface area contributed by atoms with Crippen LogP contribution in [-0.2, 0) is 0 Å². The summed E-state index contributed by atoms with van der Waals surface area (Å²) in [5.41, 5.74) is 2.76. The molecule has 19 heavy (non-hydrogen) atoms. The first-order chi connectivity index (χ1) is 9.16. The van der Waals surface area contributed by atoms with Crippen LogP contribution in [0.4, 0.5) is 0 Å². The molecular formula is C17H27NO. The Balaban J connectivity index is 1.81. The number of ether oxygens (including phenoxy) is 1. The molecule has 1 saturated heterocycles. The second-order valence-electron chi connectivity index (χ2n) is 6.00. The van der Waals surface area contributed by atoms with Gasteiger partial charge >= 0.3 is 0 Å². The van der Waals surface area contributed by atoms with Gasteiger partial charge in [0.15, 0.2) is 0 Å². The molecule has 0 atom stereocenters. The molecule has 1 aromatic rings. The molecule has 0 amide bonds. The van der Waals surface area contributed by atoms with E-state index in [4.69, 9.17) is 4.74 Å². The molecule has 0 saturated carbocycles. The highest BCUT2D eigenvalue weighted by atomic mass is 16.5. The van der Waals surface area contributed by atoms with Crippen molar-refractivity contribution in [3.8, 4) is 5.75 Å². The molecule has 1 heterocycles. The normalized spacial score (nSPS) is 16.8. The number of rotatable bonds is 5. The molecule has 2 nitrogen and oxygen atoms in total. The van der Waals surface area contributed by atoms with Crippen LogP contribution in [0.5, 0.6) is 5.75 Å². The number of nitrogens with one attached hydrogen (secondary N) is 1. The van der Waals surface area contributed by atoms with Crippen LogP contribution in [0.1, 0.15) is 50.2 Å². The van der Waals surface area contributed by atoms with Crippen molar-refractivity contribution in [3.63, 3.8) is 0 Å². The minimum Gasteiger partial charge on any atom is -0.494 e. The largest absolute Gasteiger partial charge is 0.494 e. The van der Waals surface area contributed by atoms with E-state index in [0.29, 0.717) is 5.92 Å². The average Bonchev–Trinajstić information content (AvgIpc) is 2.39. The molecule has 0 spiro atoms. The summed E-state index contributed by atoms with van der Waals surface area (Å²) in [6.07, 6.45) is 3.79. The fourth-order valence-corrected chi connectivity index (χ4v) is 2.90. The third-order valence-corrected chi connectivity index (χ3v) is 4.12. The Labute approximate surface area is 117 Å². The second-order valence-corrected chi connectivity index (χ2v) is 6.00. The Kier molecular flexibility index (Phi) is 5.26. The quantitative estimate of drug-likeness (QED) is 0.868. The zero-order valence-electron chi connectivity index (χ0n) is 12.5. The topological polar surface area (TPSA) is 21.3 Å². The van der Waals surface area contributed by atoms with E-state index in [1.807, 2.05) is 0 Å². The van der Waals surface area contributed by atoms with Crippen molar-refractivity contribution in [2.45, 2.75) is 46.0 Å². The fraction of sp³-hybridized carbons (Fsp3) is 0.647. The third kappa shape index (κ3) is 4.24. The molecule has 0 aliphatic carbocycles. The number of aryl methyl sites for hydroxylation is 1. The van der Waals surface area contributed by atoms with Crippen LogP contribution >= 0.6 is 0 Å². The van der Waals surface area contributed by atoms with Crippen LogP contribution < -0.4 is 10.1 Å². The molecule has 1 N–H and O–H groups in total. The maximum atomic E-state index is 5.90. The highest BCUT2D eigenvalue weighted by molar-refractivity contribution is 5.36. The van der Waals surface area contributed by atoms with Gasteiger partial charge in [-0.15, -0.1) is 0 Å². The molecule has 0 unspecified atom stereocenters. The number of hydrogen-bond acceptors (Lipinski definition) is 2. The minimum absolute atomic E-state index is 0.587. The SMILES string of the molecule is Cc1cc(OCCC2CCNCC2)ccc1C(C)C. The smallest absolute Gasteiger partial charge is 0.119 e. The van der Waals surface area contributed by atoms with E-state index in [0.717, 1.165) is 18.3 Å². The maximum absolute atomic E-state index is 5.90. The summed E-state index contributed by atoms with van der Waals surface area (Å²) < 4.78 is 5.90.